The Labute approximate surface area is 115 Å². The van der Waals surface area contributed by atoms with Crippen LogP contribution in [0.15, 0.2) is 12.1 Å². The monoisotopic (exact) mass is 302 g/mol. The minimum absolute atomic E-state index is 0.138. The SMILES string of the molecule is CNc1snnc1COc1cc(F)c([N+](=O)[O-])cc1F. The number of nitrogens with zero attached hydrogens (tertiary/aromatic N) is 3. The maximum Gasteiger partial charge on any atom is 0.307 e. The molecule has 7 nitrogen and oxygen atoms in total. The Bertz CT molecular complexity index is 649. The summed E-state index contributed by atoms with van der Waals surface area (Å²) < 4.78 is 35.7. The summed E-state index contributed by atoms with van der Waals surface area (Å²) >= 11 is 1.09. The topological polar surface area (TPSA) is 90.2 Å². The van der Waals surface area contributed by atoms with Crippen LogP contribution in [0.2, 0.25) is 0 Å². The largest absolute Gasteiger partial charge is 0.484 e. The van der Waals surface area contributed by atoms with Gasteiger partial charge in [0.1, 0.15) is 17.3 Å². The fourth-order valence-corrected chi connectivity index (χ4v) is 1.93. The Morgan fingerprint density at radius 2 is 2.20 bits per heavy atom. The molecule has 2 rings (SSSR count). The van der Waals surface area contributed by atoms with Crippen LogP contribution in [0.4, 0.5) is 19.5 Å². The van der Waals surface area contributed by atoms with E-state index in [0.717, 1.165) is 11.5 Å². The minimum atomic E-state index is -1.17. The molecule has 0 atom stereocenters. The Hall–Kier alpha value is -2.36. The molecule has 20 heavy (non-hydrogen) atoms. The Balaban J connectivity index is 2.18. The van der Waals surface area contributed by atoms with Crippen molar-refractivity contribution in [1.29, 1.82) is 0 Å². The van der Waals surface area contributed by atoms with Crippen molar-refractivity contribution in [2.24, 2.45) is 0 Å². The molecule has 0 radical (unpaired) electrons. The van der Waals surface area contributed by atoms with E-state index in [-0.39, 0.29) is 6.61 Å². The first-order chi connectivity index (χ1) is 9.52. The molecule has 106 valence electrons. The second-order valence-corrected chi connectivity index (χ2v) is 4.33. The van der Waals surface area contributed by atoms with Gasteiger partial charge in [0.2, 0.25) is 5.82 Å². The van der Waals surface area contributed by atoms with Crippen LogP contribution in [-0.4, -0.2) is 21.6 Å². The van der Waals surface area contributed by atoms with Crippen molar-refractivity contribution in [3.05, 3.63) is 39.6 Å². The zero-order chi connectivity index (χ0) is 14.7. The average molecular weight is 302 g/mol. The van der Waals surface area contributed by atoms with Crippen molar-refractivity contribution in [2.75, 3.05) is 12.4 Å². The molecular weight excluding hydrogens is 294 g/mol. The maximum atomic E-state index is 13.6. The number of halogens is 2. The van der Waals surface area contributed by atoms with Gasteiger partial charge in [-0.1, -0.05) is 4.49 Å². The van der Waals surface area contributed by atoms with Crippen molar-refractivity contribution in [3.63, 3.8) is 0 Å². The van der Waals surface area contributed by atoms with Gasteiger partial charge in [-0.15, -0.1) is 5.10 Å². The summed E-state index contributed by atoms with van der Waals surface area (Å²) in [6.45, 7) is -0.138. The van der Waals surface area contributed by atoms with E-state index in [1.807, 2.05) is 0 Å². The number of aromatic nitrogens is 2. The third kappa shape index (κ3) is 2.79. The summed E-state index contributed by atoms with van der Waals surface area (Å²) in [5.74, 6) is -2.62. The molecule has 0 unspecified atom stereocenters. The summed E-state index contributed by atoms with van der Waals surface area (Å²) in [7, 11) is 1.66. The number of nitrogens with one attached hydrogen (secondary N) is 1. The van der Waals surface area contributed by atoms with E-state index in [1.54, 1.807) is 7.05 Å². The van der Waals surface area contributed by atoms with Crippen LogP contribution in [0, 0.1) is 21.7 Å². The van der Waals surface area contributed by atoms with Gasteiger partial charge in [-0.25, -0.2) is 4.39 Å². The number of nitro benzene ring substituents is 1. The van der Waals surface area contributed by atoms with E-state index in [4.69, 9.17) is 4.74 Å². The molecule has 1 aromatic heterocycles. The number of ether oxygens (including phenoxy) is 1. The highest BCUT2D eigenvalue weighted by Crippen LogP contribution is 2.27. The number of nitro groups is 1. The standard InChI is InChI=1S/C10H8F2N4O3S/c1-13-10-7(14-15-20-10)4-19-9-3-5(11)8(16(17)18)2-6(9)12/h2-3,13H,4H2,1H3. The van der Waals surface area contributed by atoms with Crippen LogP contribution in [0.5, 0.6) is 5.75 Å². The zero-order valence-electron chi connectivity index (χ0n) is 10.1. The Kier molecular flexibility index (Phi) is 4.03. The van der Waals surface area contributed by atoms with Crippen LogP contribution >= 0.6 is 11.5 Å². The number of rotatable bonds is 5. The summed E-state index contributed by atoms with van der Waals surface area (Å²) in [5, 5.41) is 17.7. The molecule has 10 heteroatoms. The van der Waals surface area contributed by atoms with E-state index in [9.17, 15) is 18.9 Å². The van der Waals surface area contributed by atoms with E-state index in [0.29, 0.717) is 22.8 Å². The van der Waals surface area contributed by atoms with Crippen LogP contribution < -0.4 is 10.1 Å². The molecule has 1 aromatic carbocycles. The highest BCUT2D eigenvalue weighted by molar-refractivity contribution is 7.10. The first-order valence-corrected chi connectivity index (χ1v) is 6.05. The lowest BCUT2D eigenvalue weighted by Crippen LogP contribution is -2.02. The molecule has 0 amide bonds. The predicted octanol–water partition coefficient (Wildman–Crippen LogP) is 2.35. The Morgan fingerprint density at radius 3 is 2.85 bits per heavy atom. The second kappa shape index (κ2) is 5.74. The van der Waals surface area contributed by atoms with E-state index < -0.39 is 28.0 Å². The van der Waals surface area contributed by atoms with Gasteiger partial charge in [0.05, 0.1) is 11.0 Å². The molecule has 0 saturated carbocycles. The number of hydrogen-bond donors (Lipinski definition) is 1. The van der Waals surface area contributed by atoms with E-state index >= 15 is 0 Å². The molecule has 0 bridgehead atoms. The zero-order valence-corrected chi connectivity index (χ0v) is 10.9. The molecule has 0 aliphatic carbocycles. The summed E-state index contributed by atoms with van der Waals surface area (Å²) in [5.41, 5.74) is -0.517. The smallest absolute Gasteiger partial charge is 0.307 e. The lowest BCUT2D eigenvalue weighted by molar-refractivity contribution is -0.387. The lowest BCUT2D eigenvalue weighted by atomic mass is 10.3. The second-order valence-electron chi connectivity index (χ2n) is 3.58. The molecule has 1 heterocycles. The number of anilines is 1. The molecular formula is C10H8F2N4O3S. The van der Waals surface area contributed by atoms with Gasteiger partial charge in [0.15, 0.2) is 11.6 Å². The first-order valence-electron chi connectivity index (χ1n) is 5.28. The highest BCUT2D eigenvalue weighted by atomic mass is 32.1. The predicted molar refractivity (Wildman–Crippen MR) is 66.8 cm³/mol. The van der Waals surface area contributed by atoms with Crippen LogP contribution in [0.3, 0.4) is 0 Å². The van der Waals surface area contributed by atoms with Crippen LogP contribution in [-0.2, 0) is 6.61 Å². The molecule has 0 aliphatic heterocycles. The molecule has 0 aliphatic rings. The van der Waals surface area contributed by atoms with Crippen molar-refractivity contribution in [3.8, 4) is 5.75 Å². The van der Waals surface area contributed by atoms with Crippen molar-refractivity contribution in [1.82, 2.24) is 9.59 Å². The van der Waals surface area contributed by atoms with E-state index in [1.165, 1.54) is 0 Å². The summed E-state index contributed by atoms with van der Waals surface area (Å²) in [6, 6.07) is 1.11. The number of benzene rings is 1. The maximum absolute atomic E-state index is 13.6. The fraction of sp³-hybridized carbons (Fsp3) is 0.200. The summed E-state index contributed by atoms with van der Waals surface area (Å²) in [4.78, 5) is 9.44. The molecule has 0 saturated heterocycles. The molecule has 0 fully saturated rings. The molecule has 2 aromatic rings. The third-order valence-corrected chi connectivity index (χ3v) is 3.13. The van der Waals surface area contributed by atoms with Crippen LogP contribution in [0.25, 0.3) is 0 Å². The number of hydrogen-bond acceptors (Lipinski definition) is 7. The first kappa shape index (κ1) is 14.1. The van der Waals surface area contributed by atoms with Gasteiger partial charge in [0.25, 0.3) is 0 Å². The van der Waals surface area contributed by atoms with Crippen molar-refractivity contribution < 1.29 is 18.4 Å². The van der Waals surface area contributed by atoms with Gasteiger partial charge in [-0.2, -0.15) is 4.39 Å². The average Bonchev–Trinajstić information content (AvgIpc) is 2.86. The quantitative estimate of drug-likeness (QED) is 0.673. The minimum Gasteiger partial charge on any atom is -0.484 e. The van der Waals surface area contributed by atoms with Crippen molar-refractivity contribution in [2.45, 2.75) is 6.61 Å². The van der Waals surface area contributed by atoms with Gasteiger partial charge in [-0.3, -0.25) is 10.1 Å². The van der Waals surface area contributed by atoms with Crippen LogP contribution in [0.1, 0.15) is 5.69 Å². The summed E-state index contributed by atoms with van der Waals surface area (Å²) in [6.07, 6.45) is 0. The fourth-order valence-electron chi connectivity index (χ4n) is 1.41. The lowest BCUT2D eigenvalue weighted by Gasteiger charge is -2.06. The normalized spacial score (nSPS) is 10.3. The van der Waals surface area contributed by atoms with Gasteiger partial charge >= 0.3 is 5.69 Å². The van der Waals surface area contributed by atoms with E-state index in [2.05, 4.69) is 14.9 Å². The molecule has 0 spiro atoms. The Morgan fingerprint density at radius 1 is 1.45 bits per heavy atom. The third-order valence-electron chi connectivity index (χ3n) is 2.35. The van der Waals surface area contributed by atoms with Gasteiger partial charge in [-0.05, 0) is 0 Å². The highest BCUT2D eigenvalue weighted by Gasteiger charge is 2.19. The van der Waals surface area contributed by atoms with Crippen molar-refractivity contribution >= 4 is 22.2 Å². The molecule has 1 N–H and O–H groups in total. The van der Waals surface area contributed by atoms with Gasteiger partial charge in [0, 0.05) is 24.6 Å². The van der Waals surface area contributed by atoms with Gasteiger partial charge < -0.3 is 10.1 Å².